The molecule has 1 saturated heterocycles. The van der Waals surface area contributed by atoms with Crippen LogP contribution in [-0.4, -0.2) is 47.2 Å². The molecule has 7 heteroatoms. The number of carboxylic acids is 1. The fraction of sp³-hybridized carbons (Fsp3) is 0.538. The molecule has 0 aromatic carbocycles. The van der Waals surface area contributed by atoms with Gasteiger partial charge in [-0.05, 0) is 18.8 Å². The summed E-state index contributed by atoms with van der Waals surface area (Å²) in [6, 6.07) is 0. The van der Waals surface area contributed by atoms with Crippen molar-refractivity contribution in [2.45, 2.75) is 19.3 Å². The van der Waals surface area contributed by atoms with Crippen LogP contribution >= 0.6 is 0 Å². The van der Waals surface area contributed by atoms with Crippen LogP contribution in [0.15, 0.2) is 12.4 Å². The maximum atomic E-state index is 11.4. The highest BCUT2D eigenvalue weighted by atomic mass is 16.5. The van der Waals surface area contributed by atoms with Crippen molar-refractivity contribution in [3.8, 4) is 0 Å². The number of piperidine rings is 1. The van der Waals surface area contributed by atoms with Crippen LogP contribution in [0, 0.1) is 5.92 Å². The number of anilines is 1. The van der Waals surface area contributed by atoms with Gasteiger partial charge < -0.3 is 14.7 Å². The van der Waals surface area contributed by atoms with E-state index in [1.54, 1.807) is 6.20 Å². The topological polar surface area (TPSA) is 92.6 Å². The van der Waals surface area contributed by atoms with Crippen molar-refractivity contribution in [2.24, 2.45) is 5.92 Å². The molecular weight excluding hydrogens is 262 g/mol. The number of methoxy groups -OCH3 is 1. The predicted molar refractivity (Wildman–Crippen MR) is 70.6 cm³/mol. The number of nitrogens with zero attached hydrogens (tertiary/aromatic N) is 3. The van der Waals surface area contributed by atoms with E-state index in [1.165, 1.54) is 13.3 Å². The van der Waals surface area contributed by atoms with Crippen molar-refractivity contribution in [3.63, 3.8) is 0 Å². The number of aromatic nitrogens is 2. The monoisotopic (exact) mass is 279 g/mol. The summed E-state index contributed by atoms with van der Waals surface area (Å²) in [6.45, 7) is 1.44. The van der Waals surface area contributed by atoms with Gasteiger partial charge in [0.05, 0.1) is 19.5 Å². The van der Waals surface area contributed by atoms with E-state index in [2.05, 4.69) is 14.7 Å². The lowest BCUT2D eigenvalue weighted by molar-refractivity contribution is -0.138. The zero-order chi connectivity index (χ0) is 14.5. The molecule has 0 spiro atoms. The molecule has 2 rings (SSSR count). The fourth-order valence-corrected chi connectivity index (χ4v) is 2.32. The van der Waals surface area contributed by atoms with Crippen molar-refractivity contribution >= 4 is 17.8 Å². The molecule has 0 amide bonds. The second-order valence-corrected chi connectivity index (χ2v) is 4.78. The Morgan fingerprint density at radius 1 is 1.40 bits per heavy atom. The number of carbonyl (C=O) groups is 2. The summed E-state index contributed by atoms with van der Waals surface area (Å²) >= 11 is 0. The summed E-state index contributed by atoms with van der Waals surface area (Å²) in [7, 11) is 1.30. The maximum absolute atomic E-state index is 11.4. The molecule has 1 aliphatic heterocycles. The Morgan fingerprint density at radius 2 is 2.10 bits per heavy atom. The number of hydrogen-bond acceptors (Lipinski definition) is 6. The van der Waals surface area contributed by atoms with E-state index in [-0.39, 0.29) is 18.0 Å². The van der Waals surface area contributed by atoms with Crippen molar-refractivity contribution in [2.75, 3.05) is 25.1 Å². The van der Waals surface area contributed by atoms with Crippen LogP contribution < -0.4 is 4.90 Å². The molecule has 0 aliphatic carbocycles. The van der Waals surface area contributed by atoms with Crippen LogP contribution in [0.4, 0.5) is 5.82 Å². The van der Waals surface area contributed by atoms with Gasteiger partial charge in [0.15, 0.2) is 5.69 Å². The minimum atomic E-state index is -0.754. The van der Waals surface area contributed by atoms with Crippen LogP contribution in [-0.2, 0) is 9.53 Å². The van der Waals surface area contributed by atoms with Crippen molar-refractivity contribution in [1.82, 2.24) is 9.97 Å². The molecule has 1 fully saturated rings. The van der Waals surface area contributed by atoms with Gasteiger partial charge in [-0.2, -0.15) is 0 Å². The van der Waals surface area contributed by atoms with Gasteiger partial charge in [0.2, 0.25) is 0 Å². The SMILES string of the molecule is COC(=O)c1cncc(N2CCC(CC(=O)O)CC2)n1. The summed E-state index contributed by atoms with van der Waals surface area (Å²) < 4.78 is 4.61. The number of carbonyl (C=O) groups excluding carboxylic acids is 1. The van der Waals surface area contributed by atoms with Gasteiger partial charge in [-0.3, -0.25) is 9.78 Å². The predicted octanol–water partition coefficient (Wildman–Crippen LogP) is 0.954. The van der Waals surface area contributed by atoms with Gasteiger partial charge in [0.25, 0.3) is 0 Å². The largest absolute Gasteiger partial charge is 0.481 e. The Labute approximate surface area is 116 Å². The maximum Gasteiger partial charge on any atom is 0.358 e. The lowest BCUT2D eigenvalue weighted by Gasteiger charge is -2.32. The van der Waals surface area contributed by atoms with Crippen LogP contribution in [0.5, 0.6) is 0 Å². The highest BCUT2D eigenvalue weighted by Crippen LogP contribution is 2.23. The van der Waals surface area contributed by atoms with Crippen LogP contribution in [0.25, 0.3) is 0 Å². The number of carboxylic acid groups (broad SMARTS) is 1. The highest BCUT2D eigenvalue weighted by Gasteiger charge is 2.22. The third-order valence-corrected chi connectivity index (χ3v) is 3.42. The first-order chi connectivity index (χ1) is 9.60. The van der Waals surface area contributed by atoms with Crippen LogP contribution in [0.3, 0.4) is 0 Å². The van der Waals surface area contributed by atoms with Crippen molar-refractivity contribution in [3.05, 3.63) is 18.1 Å². The Morgan fingerprint density at radius 3 is 2.70 bits per heavy atom. The van der Waals surface area contributed by atoms with Gasteiger partial charge in [0.1, 0.15) is 5.82 Å². The van der Waals surface area contributed by atoms with E-state index >= 15 is 0 Å². The quantitative estimate of drug-likeness (QED) is 0.820. The zero-order valence-electron chi connectivity index (χ0n) is 11.3. The minimum Gasteiger partial charge on any atom is -0.481 e. The van der Waals surface area contributed by atoms with Gasteiger partial charge in [-0.25, -0.2) is 9.78 Å². The smallest absolute Gasteiger partial charge is 0.358 e. The zero-order valence-corrected chi connectivity index (χ0v) is 11.3. The highest BCUT2D eigenvalue weighted by molar-refractivity contribution is 5.87. The summed E-state index contributed by atoms with van der Waals surface area (Å²) in [5.41, 5.74) is 0.178. The van der Waals surface area contributed by atoms with E-state index in [0.717, 1.165) is 25.9 Å². The first-order valence-electron chi connectivity index (χ1n) is 6.47. The van der Waals surface area contributed by atoms with E-state index in [1.807, 2.05) is 4.90 Å². The lowest BCUT2D eigenvalue weighted by Crippen LogP contribution is -2.35. The number of ether oxygens (including phenoxy) is 1. The molecule has 1 aliphatic rings. The van der Waals surface area contributed by atoms with Gasteiger partial charge in [0, 0.05) is 19.5 Å². The Balaban J connectivity index is 2.00. The van der Waals surface area contributed by atoms with E-state index in [9.17, 15) is 9.59 Å². The molecule has 2 heterocycles. The summed E-state index contributed by atoms with van der Waals surface area (Å²) in [6.07, 6.45) is 4.78. The molecule has 0 unspecified atom stereocenters. The molecule has 1 aromatic rings. The second kappa shape index (κ2) is 6.31. The van der Waals surface area contributed by atoms with Gasteiger partial charge in [-0.15, -0.1) is 0 Å². The minimum absolute atomic E-state index is 0.178. The molecule has 0 radical (unpaired) electrons. The summed E-state index contributed by atoms with van der Waals surface area (Å²) in [5, 5.41) is 8.79. The fourth-order valence-electron chi connectivity index (χ4n) is 2.32. The van der Waals surface area contributed by atoms with Gasteiger partial charge in [-0.1, -0.05) is 0 Å². The van der Waals surface area contributed by atoms with Crippen molar-refractivity contribution < 1.29 is 19.4 Å². The number of aliphatic carboxylic acids is 1. The Kier molecular flexibility index (Phi) is 4.49. The number of hydrogen-bond donors (Lipinski definition) is 1. The van der Waals surface area contributed by atoms with Gasteiger partial charge >= 0.3 is 11.9 Å². The third-order valence-electron chi connectivity index (χ3n) is 3.42. The lowest BCUT2D eigenvalue weighted by atomic mass is 9.94. The molecule has 7 nitrogen and oxygen atoms in total. The molecule has 1 aromatic heterocycles. The third kappa shape index (κ3) is 3.43. The van der Waals surface area contributed by atoms with Crippen LogP contribution in [0.1, 0.15) is 29.8 Å². The first-order valence-corrected chi connectivity index (χ1v) is 6.47. The van der Waals surface area contributed by atoms with E-state index < -0.39 is 11.9 Å². The molecule has 0 atom stereocenters. The Hall–Kier alpha value is -2.18. The summed E-state index contributed by atoms with van der Waals surface area (Å²) in [4.78, 5) is 32.3. The molecule has 1 N–H and O–H groups in total. The standard InChI is InChI=1S/C13H17N3O4/c1-20-13(19)10-7-14-8-11(15-10)16-4-2-9(3-5-16)6-12(17)18/h7-9H,2-6H2,1H3,(H,17,18). The normalized spacial score (nSPS) is 15.9. The first kappa shape index (κ1) is 14.2. The van der Waals surface area contributed by atoms with E-state index in [4.69, 9.17) is 5.11 Å². The second-order valence-electron chi connectivity index (χ2n) is 4.78. The van der Waals surface area contributed by atoms with E-state index in [0.29, 0.717) is 5.82 Å². The summed E-state index contributed by atoms with van der Waals surface area (Å²) in [5.74, 6) is -0.432. The van der Waals surface area contributed by atoms with Crippen molar-refractivity contribution in [1.29, 1.82) is 0 Å². The number of rotatable bonds is 4. The molecule has 20 heavy (non-hydrogen) atoms. The molecule has 0 bridgehead atoms. The molecule has 0 saturated carbocycles. The average molecular weight is 279 g/mol. The molecular formula is C13H17N3O4. The number of esters is 1. The van der Waals surface area contributed by atoms with Crippen LogP contribution in [0.2, 0.25) is 0 Å². The molecule has 108 valence electrons. The Bertz CT molecular complexity index is 498. The average Bonchev–Trinajstić information content (AvgIpc) is 2.47.